The number of aliphatic hydroxyl groups is 1. The first-order valence-corrected chi connectivity index (χ1v) is 8.07. The Morgan fingerprint density at radius 2 is 1.64 bits per heavy atom. The molecule has 0 aliphatic carbocycles. The van der Waals surface area contributed by atoms with E-state index in [-0.39, 0.29) is 15.5 Å². The quantitative estimate of drug-likeness (QED) is 0.862. The molecule has 0 aliphatic heterocycles. The van der Waals surface area contributed by atoms with Crippen LogP contribution >= 0.6 is 11.6 Å². The van der Waals surface area contributed by atoms with E-state index in [0.29, 0.717) is 0 Å². The van der Waals surface area contributed by atoms with E-state index in [4.69, 9.17) is 11.6 Å². The lowest BCUT2D eigenvalue weighted by Gasteiger charge is -2.26. The lowest BCUT2D eigenvalue weighted by atomic mass is 10.1. The molecule has 2 aromatic carbocycles. The van der Waals surface area contributed by atoms with Crippen LogP contribution in [0.25, 0.3) is 0 Å². The zero-order valence-corrected chi connectivity index (χ0v) is 13.1. The number of carbonyl (C=O) groups is 1. The minimum Gasteiger partial charge on any atom is -0.466 e. The molecule has 0 aromatic heterocycles. The summed E-state index contributed by atoms with van der Waals surface area (Å²) in [5.74, 6) is -1.33. The van der Waals surface area contributed by atoms with Gasteiger partial charge in [0.2, 0.25) is 9.84 Å². The molecular weight excluding hydrogens is 328 g/mol. The van der Waals surface area contributed by atoms with Crippen LogP contribution in [0.15, 0.2) is 59.5 Å². The van der Waals surface area contributed by atoms with Gasteiger partial charge in [-0.15, -0.1) is 0 Å². The Morgan fingerprint density at radius 1 is 1.09 bits per heavy atom. The summed E-state index contributed by atoms with van der Waals surface area (Å²) in [6.07, 6.45) is 0. The Bertz CT molecular complexity index is 789. The number of esters is 1. The first-order chi connectivity index (χ1) is 10.4. The Morgan fingerprint density at radius 3 is 2.18 bits per heavy atom. The number of methoxy groups -OCH3 is 1. The predicted molar refractivity (Wildman–Crippen MR) is 81.0 cm³/mol. The number of halogens is 1. The van der Waals surface area contributed by atoms with E-state index < -0.39 is 20.7 Å². The molecule has 0 amide bonds. The SMILES string of the molecule is COC(=O)[C@@](O)(c1ccccc1Cl)S(=O)(=O)c1ccccc1. The van der Waals surface area contributed by atoms with Crippen LogP contribution < -0.4 is 0 Å². The normalized spacial score (nSPS) is 14.1. The first-order valence-electron chi connectivity index (χ1n) is 6.21. The molecule has 2 aromatic rings. The Balaban J connectivity index is 2.77. The summed E-state index contributed by atoms with van der Waals surface area (Å²) in [7, 11) is -3.50. The Hall–Kier alpha value is -1.89. The second-order valence-electron chi connectivity index (χ2n) is 4.43. The lowest BCUT2D eigenvalue weighted by Crippen LogP contribution is -2.44. The molecule has 0 unspecified atom stereocenters. The van der Waals surface area contributed by atoms with Crippen LogP contribution in [0, 0.1) is 0 Å². The van der Waals surface area contributed by atoms with Crippen molar-refractivity contribution in [3.8, 4) is 0 Å². The maximum absolute atomic E-state index is 12.8. The number of ether oxygens (including phenoxy) is 1. The topological polar surface area (TPSA) is 80.7 Å². The molecule has 22 heavy (non-hydrogen) atoms. The van der Waals surface area contributed by atoms with Gasteiger partial charge in [-0.05, 0) is 18.2 Å². The van der Waals surface area contributed by atoms with Crippen molar-refractivity contribution in [3.05, 3.63) is 65.2 Å². The van der Waals surface area contributed by atoms with Crippen molar-refractivity contribution >= 4 is 27.4 Å². The lowest BCUT2D eigenvalue weighted by molar-refractivity contribution is -0.154. The highest BCUT2D eigenvalue weighted by molar-refractivity contribution is 7.93. The molecule has 5 nitrogen and oxygen atoms in total. The van der Waals surface area contributed by atoms with E-state index in [1.807, 2.05) is 0 Å². The number of carbonyl (C=O) groups excluding carboxylic acids is 1. The second kappa shape index (κ2) is 6.08. The molecule has 0 spiro atoms. The predicted octanol–water partition coefficient (Wildman–Crippen LogP) is 2.13. The van der Waals surface area contributed by atoms with Gasteiger partial charge in [0.25, 0.3) is 4.93 Å². The van der Waals surface area contributed by atoms with E-state index in [1.165, 1.54) is 42.5 Å². The zero-order chi connectivity index (χ0) is 16.4. The van der Waals surface area contributed by atoms with Gasteiger partial charge < -0.3 is 9.84 Å². The Kier molecular flexibility index (Phi) is 4.55. The van der Waals surface area contributed by atoms with E-state index in [1.54, 1.807) is 12.1 Å². The fourth-order valence-electron chi connectivity index (χ4n) is 2.01. The largest absolute Gasteiger partial charge is 0.466 e. The van der Waals surface area contributed by atoms with E-state index in [0.717, 1.165) is 7.11 Å². The molecule has 1 N–H and O–H groups in total. The number of rotatable bonds is 4. The first kappa shape index (κ1) is 16.5. The Labute approximate surface area is 133 Å². The second-order valence-corrected chi connectivity index (χ2v) is 6.91. The van der Waals surface area contributed by atoms with Gasteiger partial charge in [-0.25, -0.2) is 13.2 Å². The summed E-state index contributed by atoms with van der Waals surface area (Å²) in [6.45, 7) is 0. The highest BCUT2D eigenvalue weighted by Crippen LogP contribution is 2.37. The average molecular weight is 341 g/mol. The third-order valence-corrected chi connectivity index (χ3v) is 5.53. The molecule has 0 aliphatic rings. The smallest absolute Gasteiger partial charge is 0.359 e. The number of benzene rings is 2. The summed E-state index contributed by atoms with van der Waals surface area (Å²) < 4.78 is 30.1. The van der Waals surface area contributed by atoms with Gasteiger partial charge in [-0.3, -0.25) is 0 Å². The molecule has 0 fully saturated rings. The fraction of sp³-hybridized carbons (Fsp3) is 0.133. The van der Waals surface area contributed by atoms with Crippen molar-refractivity contribution in [1.82, 2.24) is 0 Å². The van der Waals surface area contributed by atoms with Crippen LogP contribution in [0.3, 0.4) is 0 Å². The van der Waals surface area contributed by atoms with Crippen LogP contribution in [0.4, 0.5) is 0 Å². The van der Waals surface area contributed by atoms with Gasteiger partial charge in [0, 0.05) is 10.6 Å². The molecule has 0 saturated carbocycles. The summed E-state index contributed by atoms with van der Waals surface area (Å²) in [6, 6.07) is 12.8. The summed E-state index contributed by atoms with van der Waals surface area (Å²) in [4.78, 5) is 8.95. The van der Waals surface area contributed by atoms with Crippen molar-refractivity contribution in [1.29, 1.82) is 0 Å². The third kappa shape index (κ3) is 2.49. The van der Waals surface area contributed by atoms with E-state index in [9.17, 15) is 18.3 Å². The highest BCUT2D eigenvalue weighted by atomic mass is 35.5. The van der Waals surface area contributed by atoms with Gasteiger partial charge >= 0.3 is 5.97 Å². The summed E-state index contributed by atoms with van der Waals surface area (Å²) in [5, 5.41) is 10.7. The molecule has 1 atom stereocenters. The molecule has 2 rings (SSSR count). The summed E-state index contributed by atoms with van der Waals surface area (Å²) >= 11 is 5.97. The van der Waals surface area contributed by atoms with Crippen molar-refractivity contribution in [2.24, 2.45) is 0 Å². The van der Waals surface area contributed by atoms with Gasteiger partial charge in [0.05, 0.1) is 12.0 Å². The van der Waals surface area contributed by atoms with Crippen LogP contribution in [0.1, 0.15) is 5.56 Å². The molecule has 0 radical (unpaired) electrons. The zero-order valence-electron chi connectivity index (χ0n) is 11.6. The van der Waals surface area contributed by atoms with E-state index >= 15 is 0 Å². The monoisotopic (exact) mass is 340 g/mol. The molecule has 0 bridgehead atoms. The van der Waals surface area contributed by atoms with Gasteiger partial charge in [0.1, 0.15) is 0 Å². The van der Waals surface area contributed by atoms with Crippen molar-refractivity contribution in [3.63, 3.8) is 0 Å². The minimum atomic E-state index is -4.49. The van der Waals surface area contributed by atoms with Gasteiger partial charge in [0.15, 0.2) is 0 Å². The summed E-state index contributed by atoms with van der Waals surface area (Å²) in [5.41, 5.74) is -0.257. The standard InChI is InChI=1S/C15H13ClO5S/c1-21-14(17)15(18,12-9-5-6-10-13(12)16)22(19,20)11-7-3-2-4-8-11/h2-10,18H,1H3/t15-/m1/s1. The van der Waals surface area contributed by atoms with Gasteiger partial charge in [-0.2, -0.15) is 0 Å². The maximum Gasteiger partial charge on any atom is 0.359 e. The van der Waals surface area contributed by atoms with Crippen molar-refractivity contribution in [2.75, 3.05) is 7.11 Å². The van der Waals surface area contributed by atoms with Gasteiger partial charge in [-0.1, -0.05) is 48.0 Å². The number of hydrogen-bond donors (Lipinski definition) is 1. The van der Waals surface area contributed by atoms with Crippen LogP contribution in [0.2, 0.25) is 5.02 Å². The van der Waals surface area contributed by atoms with Crippen molar-refractivity contribution < 1.29 is 23.1 Å². The molecule has 116 valence electrons. The molecular formula is C15H13ClO5S. The van der Waals surface area contributed by atoms with Crippen LogP contribution in [-0.4, -0.2) is 26.6 Å². The average Bonchev–Trinajstić information content (AvgIpc) is 2.54. The number of hydrogen-bond acceptors (Lipinski definition) is 5. The minimum absolute atomic E-state index is 0.0603. The van der Waals surface area contributed by atoms with Crippen molar-refractivity contribution in [2.45, 2.75) is 9.83 Å². The third-order valence-electron chi connectivity index (χ3n) is 3.14. The maximum atomic E-state index is 12.8. The molecule has 0 saturated heterocycles. The van der Waals surface area contributed by atoms with Crippen LogP contribution in [0.5, 0.6) is 0 Å². The molecule has 7 heteroatoms. The number of sulfone groups is 1. The highest BCUT2D eigenvalue weighted by Gasteiger charge is 2.54. The molecule has 0 heterocycles. The van der Waals surface area contributed by atoms with Crippen LogP contribution in [-0.2, 0) is 24.3 Å². The van der Waals surface area contributed by atoms with E-state index in [2.05, 4.69) is 4.74 Å². The fourth-order valence-corrected chi connectivity index (χ4v) is 3.96.